The molecule has 1 aromatic heterocycles. The van der Waals surface area contributed by atoms with Crippen LogP contribution in [0.2, 0.25) is 0 Å². The van der Waals surface area contributed by atoms with Crippen LogP contribution >= 0.6 is 0 Å². The third-order valence-electron chi connectivity index (χ3n) is 4.21. The first-order valence-electron chi connectivity index (χ1n) is 7.66. The van der Waals surface area contributed by atoms with Gasteiger partial charge >= 0.3 is 5.70 Å². The van der Waals surface area contributed by atoms with Gasteiger partial charge < -0.3 is 24.6 Å². The van der Waals surface area contributed by atoms with Crippen molar-refractivity contribution in [2.24, 2.45) is 0 Å². The number of allylic oxidation sites excluding steroid dienone is 1. The van der Waals surface area contributed by atoms with Crippen LogP contribution in [0.25, 0.3) is 0 Å². The number of nitrogens with zero attached hydrogens (tertiary/aromatic N) is 2. The van der Waals surface area contributed by atoms with Crippen LogP contribution in [0.15, 0.2) is 23.7 Å². The van der Waals surface area contributed by atoms with Crippen molar-refractivity contribution in [2.45, 2.75) is 12.8 Å². The summed E-state index contributed by atoms with van der Waals surface area (Å²) in [7, 11) is 4.30. The van der Waals surface area contributed by atoms with Crippen LogP contribution in [0.5, 0.6) is 23.1 Å². The number of methoxy groups -OCH3 is 2. The molecule has 1 aliphatic rings. The Balaban J connectivity index is 2.31. The normalized spacial score (nSPS) is 15.9. The Hall–Kier alpha value is -3.43. The van der Waals surface area contributed by atoms with Crippen molar-refractivity contribution in [3.05, 3.63) is 50.6 Å². The number of nitro groups is 1. The first-order valence-corrected chi connectivity index (χ1v) is 7.66. The fourth-order valence-corrected chi connectivity index (χ4v) is 3.02. The summed E-state index contributed by atoms with van der Waals surface area (Å²) in [4.78, 5) is 11.3. The van der Waals surface area contributed by atoms with Crippen molar-refractivity contribution in [3.8, 4) is 23.1 Å². The van der Waals surface area contributed by atoms with Gasteiger partial charge in [0, 0.05) is 12.7 Å². The van der Waals surface area contributed by atoms with Crippen molar-refractivity contribution < 1.29 is 24.2 Å². The van der Waals surface area contributed by atoms with E-state index in [1.165, 1.54) is 33.4 Å². The van der Waals surface area contributed by atoms with Gasteiger partial charge in [-0.15, -0.1) is 5.10 Å². The molecule has 1 aromatic carbocycles. The summed E-state index contributed by atoms with van der Waals surface area (Å²) in [5.74, 6) is -0.475. The SMILES string of the molecule is CNC1=C([N+](=O)[O-])C(c2cc(OC)c(O)c(OC)c2)c2c(n[nH]c2C)O1. The van der Waals surface area contributed by atoms with Gasteiger partial charge in [0.25, 0.3) is 5.88 Å². The summed E-state index contributed by atoms with van der Waals surface area (Å²) in [5, 5.41) is 31.5. The second kappa shape index (κ2) is 6.47. The maximum Gasteiger partial charge on any atom is 0.317 e. The van der Waals surface area contributed by atoms with Gasteiger partial charge in [-0.05, 0) is 24.6 Å². The highest BCUT2D eigenvalue weighted by Gasteiger charge is 2.42. The van der Waals surface area contributed by atoms with Gasteiger partial charge in [-0.3, -0.25) is 15.2 Å². The molecule has 1 atom stereocenters. The average molecular weight is 362 g/mol. The Morgan fingerprint density at radius 2 is 1.96 bits per heavy atom. The predicted molar refractivity (Wildman–Crippen MR) is 90.1 cm³/mol. The van der Waals surface area contributed by atoms with Crippen LogP contribution in [-0.4, -0.2) is 41.5 Å². The molecule has 2 heterocycles. The molecule has 0 saturated carbocycles. The number of nitrogens with one attached hydrogen (secondary N) is 2. The molecule has 1 aliphatic heterocycles. The number of phenols is 1. The summed E-state index contributed by atoms with van der Waals surface area (Å²) < 4.78 is 15.9. The third kappa shape index (κ3) is 2.55. The molecule has 0 radical (unpaired) electrons. The number of phenolic OH excluding ortho intramolecular Hbond substituents is 1. The third-order valence-corrected chi connectivity index (χ3v) is 4.21. The topological polar surface area (TPSA) is 132 Å². The van der Waals surface area contributed by atoms with Gasteiger partial charge in [-0.1, -0.05) is 0 Å². The lowest BCUT2D eigenvalue weighted by Gasteiger charge is -2.23. The Morgan fingerprint density at radius 3 is 2.46 bits per heavy atom. The maximum atomic E-state index is 11.8. The lowest BCUT2D eigenvalue weighted by atomic mass is 9.87. The summed E-state index contributed by atoms with van der Waals surface area (Å²) >= 11 is 0. The molecule has 10 heteroatoms. The monoisotopic (exact) mass is 362 g/mol. The van der Waals surface area contributed by atoms with E-state index < -0.39 is 10.8 Å². The number of fused-ring (bicyclic) bond motifs is 1. The van der Waals surface area contributed by atoms with Crippen molar-refractivity contribution in [1.29, 1.82) is 0 Å². The van der Waals surface area contributed by atoms with Gasteiger partial charge in [-0.2, -0.15) is 0 Å². The number of aromatic nitrogens is 2. The molecule has 0 aliphatic carbocycles. The Labute approximate surface area is 148 Å². The molecule has 26 heavy (non-hydrogen) atoms. The van der Waals surface area contributed by atoms with Gasteiger partial charge in [-0.25, -0.2) is 0 Å². The summed E-state index contributed by atoms with van der Waals surface area (Å²) in [5.41, 5.74) is 1.47. The molecule has 10 nitrogen and oxygen atoms in total. The highest BCUT2D eigenvalue weighted by molar-refractivity contribution is 5.58. The van der Waals surface area contributed by atoms with Crippen LogP contribution in [0, 0.1) is 17.0 Å². The smallest absolute Gasteiger partial charge is 0.317 e. The zero-order valence-corrected chi connectivity index (χ0v) is 14.6. The van der Waals surface area contributed by atoms with Gasteiger partial charge in [0.05, 0.1) is 24.7 Å². The molecular formula is C16H18N4O6. The molecule has 0 spiro atoms. The zero-order chi connectivity index (χ0) is 19.0. The van der Waals surface area contributed by atoms with Gasteiger partial charge in [0.1, 0.15) is 5.92 Å². The molecule has 3 N–H and O–H groups in total. The minimum Gasteiger partial charge on any atom is -0.502 e. The fourth-order valence-electron chi connectivity index (χ4n) is 3.02. The van der Waals surface area contributed by atoms with E-state index in [1.54, 1.807) is 6.92 Å². The summed E-state index contributed by atoms with van der Waals surface area (Å²) in [6.07, 6.45) is 0. The Kier molecular flexibility index (Phi) is 4.33. The quantitative estimate of drug-likeness (QED) is 0.540. The minimum atomic E-state index is -0.807. The van der Waals surface area contributed by atoms with Crippen LogP contribution in [0.1, 0.15) is 22.7 Å². The van der Waals surface area contributed by atoms with E-state index in [4.69, 9.17) is 14.2 Å². The number of hydrogen-bond donors (Lipinski definition) is 3. The van der Waals surface area contributed by atoms with Crippen molar-refractivity contribution in [2.75, 3.05) is 21.3 Å². The predicted octanol–water partition coefficient (Wildman–Crippen LogP) is 1.63. The second-order valence-electron chi connectivity index (χ2n) is 5.60. The van der Waals surface area contributed by atoms with Gasteiger partial charge in [0.15, 0.2) is 11.5 Å². The molecule has 1 unspecified atom stereocenters. The molecule has 0 saturated heterocycles. The molecule has 3 rings (SSSR count). The van der Waals surface area contributed by atoms with Crippen molar-refractivity contribution in [1.82, 2.24) is 15.5 Å². The van der Waals surface area contributed by atoms with E-state index in [0.717, 1.165) is 0 Å². The lowest BCUT2D eigenvalue weighted by molar-refractivity contribution is -0.432. The average Bonchev–Trinajstić information content (AvgIpc) is 3.01. The van der Waals surface area contributed by atoms with Crippen molar-refractivity contribution in [3.63, 3.8) is 0 Å². The Bertz CT molecular complexity index is 879. The van der Waals surface area contributed by atoms with Crippen molar-refractivity contribution >= 4 is 0 Å². The molecule has 0 bridgehead atoms. The van der Waals surface area contributed by atoms with Gasteiger partial charge in [0.2, 0.25) is 11.6 Å². The second-order valence-corrected chi connectivity index (χ2v) is 5.60. The lowest BCUT2D eigenvalue weighted by Crippen LogP contribution is -2.27. The number of aryl methyl sites for hydroxylation is 1. The highest BCUT2D eigenvalue weighted by Crippen LogP contribution is 2.47. The van der Waals surface area contributed by atoms with E-state index in [1.807, 2.05) is 0 Å². The molecule has 2 aromatic rings. The van der Waals surface area contributed by atoms with Crippen LogP contribution in [0.3, 0.4) is 0 Å². The number of benzene rings is 1. The molecular weight excluding hydrogens is 344 g/mol. The number of hydrogen-bond acceptors (Lipinski definition) is 8. The number of rotatable bonds is 5. The first kappa shape index (κ1) is 17.4. The van der Waals surface area contributed by atoms with Crippen LogP contribution < -0.4 is 19.5 Å². The maximum absolute atomic E-state index is 11.8. The van der Waals surface area contributed by atoms with E-state index >= 15 is 0 Å². The largest absolute Gasteiger partial charge is 0.502 e. The van der Waals surface area contributed by atoms with E-state index in [2.05, 4.69) is 15.5 Å². The number of ether oxygens (including phenoxy) is 3. The van der Waals surface area contributed by atoms with E-state index in [0.29, 0.717) is 16.8 Å². The number of aromatic hydroxyl groups is 1. The standard InChI is InChI=1S/C16H18N4O6/c1-7-11-12(8-5-9(24-3)14(21)10(6-8)25-4)13(20(22)23)16(17-2)26-15(11)19-18-7/h5-6,12,17,21H,1-4H3,(H,18,19). The molecule has 0 fully saturated rings. The summed E-state index contributed by atoms with van der Waals surface area (Å²) in [6.45, 7) is 1.75. The van der Waals surface area contributed by atoms with Crippen LogP contribution in [0.4, 0.5) is 0 Å². The van der Waals surface area contributed by atoms with Crippen LogP contribution in [-0.2, 0) is 0 Å². The Morgan fingerprint density at radius 1 is 1.35 bits per heavy atom. The summed E-state index contributed by atoms with van der Waals surface area (Å²) in [6, 6.07) is 3.06. The zero-order valence-electron chi connectivity index (χ0n) is 14.6. The highest BCUT2D eigenvalue weighted by atomic mass is 16.6. The minimum absolute atomic E-state index is 0.00925. The first-order chi connectivity index (χ1) is 12.4. The van der Waals surface area contributed by atoms with E-state index in [-0.39, 0.29) is 34.7 Å². The number of aromatic amines is 1. The van der Waals surface area contributed by atoms with E-state index in [9.17, 15) is 15.2 Å². The molecule has 138 valence electrons. The fraction of sp³-hybridized carbons (Fsp3) is 0.312. The molecule has 0 amide bonds. The number of H-pyrrole nitrogens is 1.